The summed E-state index contributed by atoms with van der Waals surface area (Å²) in [5, 5.41) is 6.38. The maximum Gasteiger partial charge on any atom is 0.240 e. The van der Waals surface area contributed by atoms with Crippen LogP contribution in [0, 0.1) is 11.2 Å². The third kappa shape index (κ3) is 5.42. The number of anilines is 2. The molecule has 0 radical (unpaired) electrons. The van der Waals surface area contributed by atoms with E-state index in [2.05, 4.69) is 20.6 Å². The van der Waals surface area contributed by atoms with Gasteiger partial charge in [0.2, 0.25) is 11.8 Å². The van der Waals surface area contributed by atoms with Crippen molar-refractivity contribution in [2.45, 2.75) is 12.8 Å². The Balaban J connectivity index is 1.13. The Morgan fingerprint density at radius 1 is 0.805 bits per heavy atom. The molecule has 204 valence electrons. The number of amides is 2. The number of hydrogen-bond acceptors (Lipinski definition) is 6. The van der Waals surface area contributed by atoms with E-state index >= 15 is 0 Å². The van der Waals surface area contributed by atoms with Gasteiger partial charge in [0.05, 0.1) is 18.8 Å². The van der Waals surface area contributed by atoms with Gasteiger partial charge in [0.15, 0.2) is 0 Å². The third-order valence-corrected chi connectivity index (χ3v) is 7.05. The maximum atomic E-state index is 13.2. The van der Waals surface area contributed by atoms with E-state index in [4.69, 9.17) is 9.47 Å². The highest BCUT2D eigenvalue weighted by Gasteiger charge is 2.56. The minimum absolute atomic E-state index is 0.382. The topological polar surface area (TPSA) is 102 Å². The van der Waals surface area contributed by atoms with Crippen molar-refractivity contribution >= 4 is 34.1 Å². The summed E-state index contributed by atoms with van der Waals surface area (Å²) in [5.74, 6) is 0.698. The number of carbonyl (C=O) groups is 2. The van der Waals surface area contributed by atoms with Crippen molar-refractivity contribution < 1.29 is 23.5 Å². The Labute approximate surface area is 235 Å². The van der Waals surface area contributed by atoms with Crippen molar-refractivity contribution in [3.63, 3.8) is 0 Å². The Kier molecular flexibility index (Phi) is 6.76. The minimum atomic E-state index is -1.14. The average molecular weight is 549 g/mol. The molecule has 1 fully saturated rings. The number of ether oxygens (including phenoxy) is 2. The highest BCUT2D eigenvalue weighted by molar-refractivity contribution is 6.16. The molecule has 2 aromatic heterocycles. The Bertz CT molecular complexity index is 1750. The second-order valence-corrected chi connectivity index (χ2v) is 9.78. The van der Waals surface area contributed by atoms with Gasteiger partial charge >= 0.3 is 0 Å². The summed E-state index contributed by atoms with van der Waals surface area (Å²) in [4.78, 5) is 34.5. The average Bonchev–Trinajstić information content (AvgIpc) is 3.82. The third-order valence-electron chi connectivity index (χ3n) is 7.05. The van der Waals surface area contributed by atoms with Crippen LogP contribution in [0.5, 0.6) is 17.2 Å². The number of nitrogens with one attached hydrogen (secondary N) is 2. The fraction of sp³-hybridized carbons (Fsp3) is 0.125. The van der Waals surface area contributed by atoms with Gasteiger partial charge in [-0.15, -0.1) is 0 Å². The summed E-state index contributed by atoms with van der Waals surface area (Å²) >= 11 is 0. The van der Waals surface area contributed by atoms with Crippen LogP contribution in [0.25, 0.3) is 22.0 Å². The standard InChI is InChI=1S/C32H25FN4O4/c1-40-26-16-21(18-34-19-26)20-2-11-27-28(17-20)35-15-12-29(27)41-25-9-7-24(8-10-25)37-31(39)32(13-14-32)30(38)36-23-5-3-22(33)4-6-23/h2-12,15-19H,13-14H2,1H3,(H,36,38)(H,37,39). The number of benzene rings is 3. The molecule has 2 amide bonds. The number of rotatable bonds is 8. The second-order valence-electron chi connectivity index (χ2n) is 9.78. The molecule has 2 heterocycles. The van der Waals surface area contributed by atoms with Crippen LogP contribution in [-0.2, 0) is 9.59 Å². The van der Waals surface area contributed by atoms with Gasteiger partial charge in [-0.25, -0.2) is 4.39 Å². The quantitative estimate of drug-likeness (QED) is 0.212. The zero-order valence-electron chi connectivity index (χ0n) is 22.1. The molecule has 0 spiro atoms. The molecule has 1 saturated carbocycles. The minimum Gasteiger partial charge on any atom is -0.495 e. The van der Waals surface area contributed by atoms with Gasteiger partial charge in [0, 0.05) is 34.7 Å². The smallest absolute Gasteiger partial charge is 0.240 e. The predicted molar refractivity (Wildman–Crippen MR) is 153 cm³/mol. The van der Waals surface area contributed by atoms with E-state index in [9.17, 15) is 14.0 Å². The molecule has 0 atom stereocenters. The first-order valence-electron chi connectivity index (χ1n) is 13.0. The number of aromatic nitrogens is 2. The molecule has 3 aromatic carbocycles. The molecule has 1 aliphatic rings. The molecular weight excluding hydrogens is 523 g/mol. The Morgan fingerprint density at radius 3 is 2.15 bits per heavy atom. The van der Waals surface area contributed by atoms with E-state index in [1.807, 2.05) is 24.3 Å². The summed E-state index contributed by atoms with van der Waals surface area (Å²) in [5.41, 5.74) is 2.47. The van der Waals surface area contributed by atoms with Crippen molar-refractivity contribution in [2.24, 2.45) is 5.41 Å². The lowest BCUT2D eigenvalue weighted by molar-refractivity contribution is -0.131. The van der Waals surface area contributed by atoms with Crippen molar-refractivity contribution in [1.29, 1.82) is 0 Å². The first kappa shape index (κ1) is 25.9. The largest absolute Gasteiger partial charge is 0.495 e. The molecule has 41 heavy (non-hydrogen) atoms. The van der Waals surface area contributed by atoms with Gasteiger partial charge in [-0.3, -0.25) is 19.6 Å². The monoisotopic (exact) mass is 548 g/mol. The van der Waals surface area contributed by atoms with E-state index in [0.29, 0.717) is 41.5 Å². The molecule has 5 aromatic rings. The van der Waals surface area contributed by atoms with E-state index in [-0.39, 0.29) is 5.91 Å². The first-order valence-corrected chi connectivity index (χ1v) is 13.0. The normalized spacial score (nSPS) is 13.3. The number of fused-ring (bicyclic) bond motifs is 1. The lowest BCUT2D eigenvalue weighted by Crippen LogP contribution is -2.35. The van der Waals surface area contributed by atoms with Crippen LogP contribution in [0.2, 0.25) is 0 Å². The van der Waals surface area contributed by atoms with E-state index in [0.717, 1.165) is 22.0 Å². The number of carbonyl (C=O) groups excluding carboxylic acids is 2. The molecule has 0 bridgehead atoms. The summed E-state index contributed by atoms with van der Waals surface area (Å²) in [7, 11) is 1.60. The van der Waals surface area contributed by atoms with E-state index in [1.165, 1.54) is 24.3 Å². The highest BCUT2D eigenvalue weighted by Crippen LogP contribution is 2.47. The predicted octanol–water partition coefficient (Wildman–Crippen LogP) is 6.59. The van der Waals surface area contributed by atoms with Gasteiger partial charge < -0.3 is 20.1 Å². The molecular formula is C32H25FN4O4. The molecule has 0 unspecified atom stereocenters. The van der Waals surface area contributed by atoms with Gasteiger partial charge in [-0.1, -0.05) is 6.07 Å². The number of halogens is 1. The molecule has 6 rings (SSSR count). The Morgan fingerprint density at radius 2 is 1.49 bits per heavy atom. The summed E-state index contributed by atoms with van der Waals surface area (Å²) < 4.78 is 24.6. The van der Waals surface area contributed by atoms with Crippen LogP contribution in [0.15, 0.2) is 97.5 Å². The molecule has 0 saturated heterocycles. The Hall–Kier alpha value is -5.31. The first-order chi connectivity index (χ1) is 19.9. The lowest BCUT2D eigenvalue weighted by Gasteiger charge is -2.16. The van der Waals surface area contributed by atoms with Crippen molar-refractivity contribution in [3.05, 3.63) is 103 Å². The van der Waals surface area contributed by atoms with Crippen LogP contribution in [-0.4, -0.2) is 28.9 Å². The van der Waals surface area contributed by atoms with Gasteiger partial charge in [-0.2, -0.15) is 0 Å². The molecule has 9 heteroatoms. The van der Waals surface area contributed by atoms with E-state index < -0.39 is 17.1 Å². The number of methoxy groups -OCH3 is 1. The SMILES string of the molecule is COc1cncc(-c2ccc3c(Oc4ccc(NC(=O)C5(C(=O)Nc6ccc(F)cc6)CC5)cc4)ccnc3c2)c1. The fourth-order valence-electron chi connectivity index (χ4n) is 4.53. The van der Waals surface area contributed by atoms with Crippen LogP contribution >= 0.6 is 0 Å². The van der Waals surface area contributed by atoms with Crippen molar-refractivity contribution in [3.8, 4) is 28.4 Å². The van der Waals surface area contributed by atoms with Crippen LogP contribution < -0.4 is 20.1 Å². The van der Waals surface area contributed by atoms with Crippen molar-refractivity contribution in [2.75, 3.05) is 17.7 Å². The van der Waals surface area contributed by atoms with Gasteiger partial charge in [0.1, 0.15) is 28.5 Å². The molecule has 1 aliphatic carbocycles. The van der Waals surface area contributed by atoms with Crippen LogP contribution in [0.1, 0.15) is 12.8 Å². The lowest BCUT2D eigenvalue weighted by atomic mass is 10.0. The fourth-order valence-corrected chi connectivity index (χ4v) is 4.53. The van der Waals surface area contributed by atoms with Crippen LogP contribution in [0.3, 0.4) is 0 Å². The number of pyridine rings is 2. The molecule has 0 aliphatic heterocycles. The zero-order chi connectivity index (χ0) is 28.4. The highest BCUT2D eigenvalue weighted by atomic mass is 19.1. The van der Waals surface area contributed by atoms with Crippen molar-refractivity contribution in [1.82, 2.24) is 9.97 Å². The summed E-state index contributed by atoms with van der Waals surface area (Å²) in [6.07, 6.45) is 6.00. The summed E-state index contributed by atoms with van der Waals surface area (Å²) in [6, 6.07) is 22.0. The number of hydrogen-bond donors (Lipinski definition) is 2. The second kappa shape index (κ2) is 10.7. The van der Waals surface area contributed by atoms with Crippen LogP contribution in [0.4, 0.5) is 15.8 Å². The number of nitrogens with zero attached hydrogens (tertiary/aromatic N) is 2. The maximum absolute atomic E-state index is 13.2. The molecule has 8 nitrogen and oxygen atoms in total. The zero-order valence-corrected chi connectivity index (χ0v) is 22.1. The van der Waals surface area contributed by atoms with Gasteiger partial charge in [-0.05, 0) is 91.2 Å². The summed E-state index contributed by atoms with van der Waals surface area (Å²) in [6.45, 7) is 0. The molecule has 2 N–H and O–H groups in total. The van der Waals surface area contributed by atoms with Gasteiger partial charge in [0.25, 0.3) is 0 Å². The van der Waals surface area contributed by atoms with E-state index in [1.54, 1.807) is 56.0 Å².